The number of nitrogens with zero attached hydrogens (tertiary/aromatic N) is 1. The van der Waals surface area contributed by atoms with Gasteiger partial charge in [0, 0.05) is 29.4 Å². The second-order valence-corrected chi connectivity index (χ2v) is 8.06. The highest BCUT2D eigenvalue weighted by Gasteiger charge is 2.32. The van der Waals surface area contributed by atoms with Crippen LogP contribution >= 0.6 is 11.3 Å². The van der Waals surface area contributed by atoms with Crippen LogP contribution in [0.2, 0.25) is 0 Å². The molecule has 1 aliphatic rings. The van der Waals surface area contributed by atoms with E-state index in [1.54, 1.807) is 9.69 Å². The van der Waals surface area contributed by atoms with Crippen molar-refractivity contribution in [3.05, 3.63) is 16.3 Å². The molecule has 0 aliphatic heterocycles. The number of sulfonamides is 1. The van der Waals surface area contributed by atoms with Gasteiger partial charge in [0.05, 0.1) is 4.90 Å². The zero-order valence-electron chi connectivity index (χ0n) is 12.3. The van der Waals surface area contributed by atoms with Crippen LogP contribution in [0.25, 0.3) is 0 Å². The van der Waals surface area contributed by atoms with E-state index in [4.69, 9.17) is 0 Å². The molecule has 2 rings (SSSR count). The smallest absolute Gasteiger partial charge is 0.244 e. The normalized spacial score (nSPS) is 17.1. The lowest BCUT2D eigenvalue weighted by molar-refractivity contribution is 0.335. The molecule has 1 saturated carbocycles. The van der Waals surface area contributed by atoms with Crippen molar-refractivity contribution in [2.75, 3.05) is 13.1 Å². The van der Waals surface area contributed by atoms with E-state index in [1.807, 2.05) is 19.9 Å². The monoisotopic (exact) mass is 316 g/mol. The summed E-state index contributed by atoms with van der Waals surface area (Å²) in [6.07, 6.45) is 4.29. The van der Waals surface area contributed by atoms with Crippen molar-refractivity contribution in [1.82, 2.24) is 9.62 Å². The third kappa shape index (κ3) is 3.42. The largest absolute Gasteiger partial charge is 0.312 e. The topological polar surface area (TPSA) is 49.4 Å². The minimum Gasteiger partial charge on any atom is -0.312 e. The van der Waals surface area contributed by atoms with E-state index >= 15 is 0 Å². The predicted molar refractivity (Wildman–Crippen MR) is 83.5 cm³/mol. The zero-order chi connectivity index (χ0) is 14.6. The van der Waals surface area contributed by atoms with Gasteiger partial charge in [-0.25, -0.2) is 8.42 Å². The fraction of sp³-hybridized carbons (Fsp3) is 0.714. The van der Waals surface area contributed by atoms with Crippen molar-refractivity contribution < 1.29 is 8.42 Å². The van der Waals surface area contributed by atoms with Gasteiger partial charge in [-0.3, -0.25) is 0 Å². The Labute approximate surface area is 126 Å². The predicted octanol–water partition coefficient (Wildman–Crippen LogP) is 2.81. The number of hydrogen-bond acceptors (Lipinski definition) is 4. The van der Waals surface area contributed by atoms with Crippen LogP contribution in [-0.2, 0) is 16.6 Å². The highest BCUT2D eigenvalue weighted by atomic mass is 32.2. The summed E-state index contributed by atoms with van der Waals surface area (Å²) < 4.78 is 27.2. The second-order valence-electron chi connectivity index (χ2n) is 5.18. The average molecular weight is 316 g/mol. The number of thiophene rings is 1. The van der Waals surface area contributed by atoms with E-state index in [0.717, 1.165) is 43.6 Å². The van der Waals surface area contributed by atoms with E-state index < -0.39 is 10.0 Å². The van der Waals surface area contributed by atoms with Crippen molar-refractivity contribution in [2.45, 2.75) is 57.0 Å². The molecule has 4 nitrogen and oxygen atoms in total. The van der Waals surface area contributed by atoms with Crippen molar-refractivity contribution >= 4 is 21.4 Å². The standard InChI is InChI=1S/C14H24N2O2S2/c1-3-15-10-13-9-14(11-19-13)20(17,18)16(4-2)12-7-5-6-8-12/h9,11-12,15H,3-8,10H2,1-2H3. The Morgan fingerprint density at radius 2 is 2.05 bits per heavy atom. The SMILES string of the molecule is CCNCc1cc(S(=O)(=O)N(CC)C2CCCC2)cs1. The van der Waals surface area contributed by atoms with Crippen molar-refractivity contribution in [1.29, 1.82) is 0 Å². The first-order valence-electron chi connectivity index (χ1n) is 7.39. The van der Waals surface area contributed by atoms with Gasteiger partial charge < -0.3 is 5.32 Å². The summed E-state index contributed by atoms with van der Waals surface area (Å²) in [4.78, 5) is 1.54. The Morgan fingerprint density at radius 3 is 2.65 bits per heavy atom. The van der Waals surface area contributed by atoms with E-state index in [-0.39, 0.29) is 6.04 Å². The maximum absolute atomic E-state index is 12.7. The lowest BCUT2D eigenvalue weighted by Crippen LogP contribution is -2.38. The molecule has 1 aromatic rings. The third-order valence-electron chi connectivity index (χ3n) is 3.83. The highest BCUT2D eigenvalue weighted by molar-refractivity contribution is 7.89. The third-order valence-corrected chi connectivity index (χ3v) is 6.92. The summed E-state index contributed by atoms with van der Waals surface area (Å²) in [6.45, 7) is 6.17. The first-order chi connectivity index (χ1) is 9.59. The van der Waals surface area contributed by atoms with Crippen LogP contribution in [0, 0.1) is 0 Å². The quantitative estimate of drug-likeness (QED) is 0.841. The molecule has 0 aromatic carbocycles. The number of nitrogens with one attached hydrogen (secondary N) is 1. The minimum absolute atomic E-state index is 0.196. The van der Waals surface area contributed by atoms with Gasteiger partial charge >= 0.3 is 0 Å². The lowest BCUT2D eigenvalue weighted by atomic mass is 10.2. The Hall–Kier alpha value is -0.430. The van der Waals surface area contributed by atoms with Gasteiger partial charge in [-0.2, -0.15) is 4.31 Å². The Balaban J connectivity index is 2.17. The summed E-state index contributed by atoms with van der Waals surface area (Å²) >= 11 is 1.52. The van der Waals surface area contributed by atoms with Gasteiger partial charge in [-0.1, -0.05) is 26.7 Å². The second kappa shape index (κ2) is 7.02. The van der Waals surface area contributed by atoms with Crippen LogP contribution in [0.15, 0.2) is 16.3 Å². The van der Waals surface area contributed by atoms with Crippen molar-refractivity contribution in [3.8, 4) is 0 Å². The molecule has 1 aromatic heterocycles. The summed E-state index contributed by atoms with van der Waals surface area (Å²) in [5.41, 5.74) is 0. The summed E-state index contributed by atoms with van der Waals surface area (Å²) in [6, 6.07) is 2.02. The molecule has 0 amide bonds. The number of rotatable bonds is 7. The van der Waals surface area contributed by atoms with E-state index in [2.05, 4.69) is 5.32 Å². The Kier molecular flexibility index (Phi) is 5.60. The van der Waals surface area contributed by atoms with Crippen LogP contribution in [-0.4, -0.2) is 31.9 Å². The minimum atomic E-state index is -3.32. The van der Waals surface area contributed by atoms with Gasteiger partial charge in [0.25, 0.3) is 0 Å². The van der Waals surface area contributed by atoms with Crippen LogP contribution in [0.5, 0.6) is 0 Å². The molecule has 1 N–H and O–H groups in total. The Morgan fingerprint density at radius 1 is 1.35 bits per heavy atom. The highest BCUT2D eigenvalue weighted by Crippen LogP contribution is 2.30. The molecule has 114 valence electrons. The first kappa shape index (κ1) is 15.9. The van der Waals surface area contributed by atoms with Gasteiger partial charge in [-0.15, -0.1) is 11.3 Å². The van der Waals surface area contributed by atoms with Crippen LogP contribution in [0.1, 0.15) is 44.4 Å². The maximum atomic E-state index is 12.7. The molecule has 0 atom stereocenters. The molecule has 0 spiro atoms. The molecule has 20 heavy (non-hydrogen) atoms. The molecule has 0 saturated heterocycles. The van der Waals surface area contributed by atoms with E-state index in [1.165, 1.54) is 11.3 Å². The Bertz CT molecular complexity index is 519. The zero-order valence-corrected chi connectivity index (χ0v) is 13.9. The molecular weight excluding hydrogens is 292 g/mol. The van der Waals surface area contributed by atoms with Crippen LogP contribution in [0.4, 0.5) is 0 Å². The van der Waals surface area contributed by atoms with Crippen LogP contribution < -0.4 is 5.32 Å². The van der Waals surface area contributed by atoms with E-state index in [9.17, 15) is 8.42 Å². The fourth-order valence-electron chi connectivity index (χ4n) is 2.79. The van der Waals surface area contributed by atoms with E-state index in [0.29, 0.717) is 11.4 Å². The molecule has 6 heteroatoms. The summed E-state index contributed by atoms with van der Waals surface area (Å²) in [7, 11) is -3.32. The van der Waals surface area contributed by atoms with Gasteiger partial charge in [0.1, 0.15) is 0 Å². The summed E-state index contributed by atoms with van der Waals surface area (Å²) in [5.74, 6) is 0. The van der Waals surface area contributed by atoms with Crippen molar-refractivity contribution in [2.24, 2.45) is 0 Å². The first-order valence-corrected chi connectivity index (χ1v) is 9.71. The molecule has 0 unspecified atom stereocenters. The number of hydrogen-bond donors (Lipinski definition) is 1. The molecule has 0 bridgehead atoms. The maximum Gasteiger partial charge on any atom is 0.244 e. The average Bonchev–Trinajstić information content (AvgIpc) is 3.08. The van der Waals surface area contributed by atoms with Crippen LogP contribution in [0.3, 0.4) is 0 Å². The molecular formula is C14H24N2O2S2. The molecule has 1 heterocycles. The van der Waals surface area contributed by atoms with Crippen molar-refractivity contribution in [3.63, 3.8) is 0 Å². The van der Waals surface area contributed by atoms with Gasteiger partial charge in [0.15, 0.2) is 0 Å². The fourth-order valence-corrected chi connectivity index (χ4v) is 5.72. The molecule has 1 fully saturated rings. The van der Waals surface area contributed by atoms with Gasteiger partial charge in [-0.05, 0) is 25.5 Å². The summed E-state index contributed by atoms with van der Waals surface area (Å²) in [5, 5.41) is 5.01. The molecule has 1 aliphatic carbocycles. The lowest BCUT2D eigenvalue weighted by Gasteiger charge is -2.26. The van der Waals surface area contributed by atoms with Gasteiger partial charge in [0.2, 0.25) is 10.0 Å². The molecule has 0 radical (unpaired) electrons.